The molecule has 4 heteroatoms. The first-order valence-electron chi connectivity index (χ1n) is 6.16. The fourth-order valence-corrected chi connectivity index (χ4v) is 1.73. The molecule has 1 rings (SSSR count). The van der Waals surface area contributed by atoms with Crippen LogP contribution >= 0.6 is 0 Å². The third-order valence-electron chi connectivity index (χ3n) is 3.00. The van der Waals surface area contributed by atoms with Crippen molar-refractivity contribution in [1.82, 2.24) is 5.32 Å². The van der Waals surface area contributed by atoms with E-state index in [0.29, 0.717) is 24.8 Å². The van der Waals surface area contributed by atoms with Gasteiger partial charge in [-0.2, -0.15) is 0 Å². The predicted molar refractivity (Wildman–Crippen MR) is 72.0 cm³/mol. The Morgan fingerprint density at radius 2 is 2.00 bits per heavy atom. The van der Waals surface area contributed by atoms with Gasteiger partial charge in [0.1, 0.15) is 11.5 Å². The van der Waals surface area contributed by atoms with Crippen molar-refractivity contribution in [3.8, 4) is 11.5 Å². The maximum atomic E-state index is 9.85. The summed E-state index contributed by atoms with van der Waals surface area (Å²) < 4.78 is 10.2. The molecular weight excluding hydrogens is 230 g/mol. The van der Waals surface area contributed by atoms with Crippen molar-refractivity contribution >= 4 is 0 Å². The number of hydrogen-bond acceptors (Lipinski definition) is 4. The SMILES string of the molecule is COCC(NCc1ccc(OC)cc1O)C(C)C. The first-order valence-corrected chi connectivity index (χ1v) is 6.16. The van der Waals surface area contributed by atoms with Crippen molar-refractivity contribution in [3.05, 3.63) is 23.8 Å². The van der Waals surface area contributed by atoms with E-state index < -0.39 is 0 Å². The van der Waals surface area contributed by atoms with Crippen LogP contribution in [0.2, 0.25) is 0 Å². The van der Waals surface area contributed by atoms with Crippen LogP contribution in [0, 0.1) is 5.92 Å². The van der Waals surface area contributed by atoms with E-state index in [1.54, 1.807) is 20.3 Å². The van der Waals surface area contributed by atoms with E-state index in [0.717, 1.165) is 5.56 Å². The summed E-state index contributed by atoms with van der Waals surface area (Å²) in [6.07, 6.45) is 0. The largest absolute Gasteiger partial charge is 0.507 e. The average molecular weight is 253 g/mol. The normalized spacial score (nSPS) is 12.7. The molecule has 0 spiro atoms. The van der Waals surface area contributed by atoms with Gasteiger partial charge in [-0.05, 0) is 12.0 Å². The van der Waals surface area contributed by atoms with Crippen LogP contribution in [0.5, 0.6) is 11.5 Å². The number of ether oxygens (including phenoxy) is 2. The van der Waals surface area contributed by atoms with Crippen LogP contribution in [-0.4, -0.2) is 32.0 Å². The highest BCUT2D eigenvalue weighted by molar-refractivity contribution is 5.39. The number of phenols is 1. The summed E-state index contributed by atoms with van der Waals surface area (Å²) in [7, 11) is 3.28. The molecule has 0 radical (unpaired) electrons. The molecule has 18 heavy (non-hydrogen) atoms. The third kappa shape index (κ3) is 4.20. The molecule has 102 valence electrons. The van der Waals surface area contributed by atoms with Gasteiger partial charge in [0.25, 0.3) is 0 Å². The zero-order valence-electron chi connectivity index (χ0n) is 11.6. The molecule has 0 aliphatic heterocycles. The Labute approximate surface area is 109 Å². The molecule has 1 aromatic rings. The van der Waals surface area contributed by atoms with Crippen molar-refractivity contribution in [2.75, 3.05) is 20.8 Å². The molecule has 0 aliphatic carbocycles. The van der Waals surface area contributed by atoms with Crippen LogP contribution < -0.4 is 10.1 Å². The van der Waals surface area contributed by atoms with Gasteiger partial charge in [-0.15, -0.1) is 0 Å². The summed E-state index contributed by atoms with van der Waals surface area (Å²) in [6.45, 7) is 5.56. The standard InChI is InChI=1S/C14H23NO3/c1-10(2)13(9-17-3)15-8-11-5-6-12(18-4)7-14(11)16/h5-7,10,13,15-16H,8-9H2,1-4H3. The van der Waals surface area contributed by atoms with E-state index in [9.17, 15) is 5.11 Å². The molecule has 0 aromatic heterocycles. The van der Waals surface area contributed by atoms with Gasteiger partial charge in [0.2, 0.25) is 0 Å². The van der Waals surface area contributed by atoms with E-state index in [4.69, 9.17) is 9.47 Å². The van der Waals surface area contributed by atoms with Gasteiger partial charge in [-0.1, -0.05) is 19.9 Å². The molecule has 1 unspecified atom stereocenters. The van der Waals surface area contributed by atoms with Crippen LogP contribution in [0.15, 0.2) is 18.2 Å². The number of nitrogens with one attached hydrogen (secondary N) is 1. The highest BCUT2D eigenvalue weighted by Crippen LogP contribution is 2.23. The Morgan fingerprint density at radius 1 is 1.28 bits per heavy atom. The summed E-state index contributed by atoms with van der Waals surface area (Å²) >= 11 is 0. The number of methoxy groups -OCH3 is 2. The van der Waals surface area contributed by atoms with Gasteiger partial charge in [-0.25, -0.2) is 0 Å². The maximum Gasteiger partial charge on any atom is 0.123 e. The molecule has 2 N–H and O–H groups in total. The summed E-state index contributed by atoms with van der Waals surface area (Å²) in [4.78, 5) is 0. The van der Waals surface area contributed by atoms with Crippen LogP contribution in [0.3, 0.4) is 0 Å². The van der Waals surface area contributed by atoms with Gasteiger partial charge in [0.05, 0.1) is 13.7 Å². The number of benzene rings is 1. The topological polar surface area (TPSA) is 50.7 Å². The molecule has 1 atom stereocenters. The molecule has 1 aromatic carbocycles. The number of phenolic OH excluding ortho intramolecular Hbond substituents is 1. The summed E-state index contributed by atoms with van der Waals surface area (Å²) in [5.41, 5.74) is 0.859. The highest BCUT2D eigenvalue weighted by Gasteiger charge is 2.13. The molecule has 0 aliphatic rings. The van der Waals surface area contributed by atoms with Crippen molar-refractivity contribution in [1.29, 1.82) is 0 Å². The lowest BCUT2D eigenvalue weighted by Gasteiger charge is -2.22. The summed E-state index contributed by atoms with van der Waals surface area (Å²) in [6, 6.07) is 5.61. The molecule has 0 saturated carbocycles. The first kappa shape index (κ1) is 14.8. The Hall–Kier alpha value is -1.26. The zero-order chi connectivity index (χ0) is 13.5. The second kappa shape index (κ2) is 7.24. The Balaban J connectivity index is 2.61. The predicted octanol–water partition coefficient (Wildman–Crippen LogP) is 2.16. The average Bonchev–Trinajstić information content (AvgIpc) is 2.35. The second-order valence-electron chi connectivity index (χ2n) is 4.68. The van der Waals surface area contributed by atoms with Crippen molar-refractivity contribution in [2.45, 2.75) is 26.4 Å². The highest BCUT2D eigenvalue weighted by atomic mass is 16.5. The zero-order valence-corrected chi connectivity index (χ0v) is 11.6. The van der Waals surface area contributed by atoms with Gasteiger partial charge >= 0.3 is 0 Å². The van der Waals surface area contributed by atoms with Crippen LogP contribution in [0.1, 0.15) is 19.4 Å². The lowest BCUT2D eigenvalue weighted by atomic mass is 10.0. The van der Waals surface area contributed by atoms with Crippen molar-refractivity contribution in [2.24, 2.45) is 5.92 Å². The summed E-state index contributed by atoms with van der Waals surface area (Å²) in [5.74, 6) is 1.39. The monoisotopic (exact) mass is 253 g/mol. The second-order valence-corrected chi connectivity index (χ2v) is 4.68. The van der Waals surface area contributed by atoms with E-state index in [2.05, 4.69) is 19.2 Å². The number of aromatic hydroxyl groups is 1. The van der Waals surface area contributed by atoms with E-state index in [1.807, 2.05) is 12.1 Å². The van der Waals surface area contributed by atoms with Gasteiger partial charge in [0.15, 0.2) is 0 Å². The Bertz CT molecular complexity index is 366. The molecule has 0 saturated heterocycles. The number of hydrogen-bond donors (Lipinski definition) is 2. The molecule has 4 nitrogen and oxygen atoms in total. The fraction of sp³-hybridized carbons (Fsp3) is 0.571. The van der Waals surface area contributed by atoms with Gasteiger partial charge in [0, 0.05) is 31.3 Å². The van der Waals surface area contributed by atoms with Crippen molar-refractivity contribution < 1.29 is 14.6 Å². The Morgan fingerprint density at radius 3 is 2.50 bits per heavy atom. The number of rotatable bonds is 7. The van der Waals surface area contributed by atoms with Crippen LogP contribution in [0.4, 0.5) is 0 Å². The lowest BCUT2D eigenvalue weighted by Crippen LogP contribution is -2.37. The van der Waals surface area contributed by atoms with Crippen LogP contribution in [-0.2, 0) is 11.3 Å². The lowest BCUT2D eigenvalue weighted by molar-refractivity contribution is 0.146. The van der Waals surface area contributed by atoms with Crippen molar-refractivity contribution in [3.63, 3.8) is 0 Å². The minimum Gasteiger partial charge on any atom is -0.507 e. The molecular formula is C14H23NO3. The minimum atomic E-state index is 0.252. The minimum absolute atomic E-state index is 0.252. The van der Waals surface area contributed by atoms with Gasteiger partial charge in [-0.3, -0.25) is 0 Å². The van der Waals surface area contributed by atoms with Crippen LogP contribution in [0.25, 0.3) is 0 Å². The third-order valence-corrected chi connectivity index (χ3v) is 3.00. The molecule has 0 bridgehead atoms. The molecule has 0 heterocycles. The maximum absolute atomic E-state index is 9.85. The smallest absolute Gasteiger partial charge is 0.123 e. The Kier molecular flexibility index (Phi) is 5.95. The summed E-state index contributed by atoms with van der Waals surface area (Å²) in [5, 5.41) is 13.2. The fourth-order valence-electron chi connectivity index (χ4n) is 1.73. The molecule has 0 fully saturated rings. The molecule has 0 amide bonds. The van der Waals surface area contributed by atoms with E-state index in [-0.39, 0.29) is 11.8 Å². The quantitative estimate of drug-likeness (QED) is 0.782. The van der Waals surface area contributed by atoms with Gasteiger partial charge < -0.3 is 19.9 Å². The van der Waals surface area contributed by atoms with E-state index >= 15 is 0 Å². The van der Waals surface area contributed by atoms with E-state index in [1.165, 1.54) is 0 Å². The first-order chi connectivity index (χ1) is 8.58.